The highest BCUT2D eigenvalue weighted by Crippen LogP contribution is 2.42. The molecule has 2 N–H and O–H groups in total. The first-order valence-corrected chi connectivity index (χ1v) is 12.0. The van der Waals surface area contributed by atoms with Crippen LogP contribution in [0.25, 0.3) is 0 Å². The molecule has 1 fully saturated rings. The van der Waals surface area contributed by atoms with Crippen LogP contribution in [0.2, 0.25) is 0 Å². The van der Waals surface area contributed by atoms with Gasteiger partial charge in [-0.15, -0.1) is 22.9 Å². The molecular formula is C19H30ClNO3S2. The van der Waals surface area contributed by atoms with E-state index in [0.717, 1.165) is 22.9 Å². The molecule has 0 bridgehead atoms. The smallest absolute Gasteiger partial charge is 0.355 e. The average Bonchev–Trinajstić information content (AvgIpc) is 3.17. The Morgan fingerprint density at radius 3 is 2.69 bits per heavy atom. The highest BCUT2D eigenvalue weighted by Gasteiger charge is 2.40. The van der Waals surface area contributed by atoms with Crippen LogP contribution in [0.5, 0.6) is 0 Å². The highest BCUT2D eigenvalue weighted by atomic mass is 35.5. The predicted octanol–water partition coefficient (Wildman–Crippen LogP) is 5.68. The molecule has 1 aliphatic carbocycles. The first kappa shape index (κ1) is 22.0. The number of nitrogens with zero attached hydrogens (tertiary/aromatic N) is 1. The number of aliphatic hydroxyl groups is 1. The van der Waals surface area contributed by atoms with Crippen molar-refractivity contribution in [1.29, 1.82) is 0 Å². The molecule has 1 aliphatic rings. The van der Waals surface area contributed by atoms with Crippen molar-refractivity contribution in [1.82, 2.24) is 4.98 Å². The Labute approximate surface area is 169 Å². The molecular weight excluding hydrogens is 390 g/mol. The second-order valence-corrected chi connectivity index (χ2v) is 9.90. The molecule has 4 nitrogen and oxygen atoms in total. The fraction of sp³-hybridized carbons (Fsp3) is 0.789. The summed E-state index contributed by atoms with van der Waals surface area (Å²) in [5.41, 5.74) is 0.116. The summed E-state index contributed by atoms with van der Waals surface area (Å²) in [7, 11) is 0. The maximum atomic E-state index is 10.9. The monoisotopic (exact) mass is 419 g/mol. The standard InChI is InChI=1S/C19H30ClNO3S2/c1-2-3-4-5-6-7-8-14-13(15(20)11-17(14)22)9-10-25-19-21-16(12-26-19)18(23)24/h12-15,17,22H,2-11H2,1H3,(H,23,24)/t13-,14?,15?,17-/m1/s1. The third-order valence-corrected chi connectivity index (χ3v) is 7.80. The lowest BCUT2D eigenvalue weighted by Crippen LogP contribution is -2.21. The summed E-state index contributed by atoms with van der Waals surface area (Å²) in [4.78, 5) is 15.0. The molecule has 148 valence electrons. The number of carboxylic acids is 1. The third-order valence-electron chi connectivity index (χ3n) is 5.25. The predicted molar refractivity (Wildman–Crippen MR) is 110 cm³/mol. The van der Waals surface area contributed by atoms with Crippen molar-refractivity contribution in [3.63, 3.8) is 0 Å². The Hall–Kier alpha value is -0.300. The van der Waals surface area contributed by atoms with Gasteiger partial charge in [0.05, 0.1) is 6.10 Å². The van der Waals surface area contributed by atoms with Crippen LogP contribution < -0.4 is 0 Å². The minimum absolute atomic E-state index is 0.0431. The van der Waals surface area contributed by atoms with Crippen molar-refractivity contribution in [2.45, 2.75) is 80.5 Å². The maximum absolute atomic E-state index is 10.9. The lowest BCUT2D eigenvalue weighted by atomic mass is 9.87. The van der Waals surface area contributed by atoms with E-state index in [9.17, 15) is 9.90 Å². The number of carboxylic acid groups (broad SMARTS) is 1. The number of carbonyl (C=O) groups is 1. The van der Waals surface area contributed by atoms with Gasteiger partial charge in [-0.25, -0.2) is 9.78 Å². The van der Waals surface area contributed by atoms with Crippen LogP contribution in [0.15, 0.2) is 9.72 Å². The van der Waals surface area contributed by atoms with E-state index in [4.69, 9.17) is 16.7 Å². The normalized spacial score (nSPS) is 25.7. The van der Waals surface area contributed by atoms with E-state index in [0.29, 0.717) is 18.3 Å². The van der Waals surface area contributed by atoms with Gasteiger partial charge in [0, 0.05) is 16.5 Å². The molecule has 0 amide bonds. The number of alkyl halides is 1. The quantitative estimate of drug-likeness (QED) is 0.259. The lowest BCUT2D eigenvalue weighted by Gasteiger charge is -2.23. The zero-order valence-electron chi connectivity index (χ0n) is 15.4. The summed E-state index contributed by atoms with van der Waals surface area (Å²) in [6.07, 6.45) is 10.0. The van der Waals surface area contributed by atoms with Crippen LogP contribution in [0.4, 0.5) is 0 Å². The van der Waals surface area contributed by atoms with Gasteiger partial charge in [-0.05, 0) is 31.1 Å². The average molecular weight is 420 g/mol. The molecule has 2 unspecified atom stereocenters. The first-order valence-electron chi connectivity index (χ1n) is 9.66. The van der Waals surface area contributed by atoms with Gasteiger partial charge in [0.25, 0.3) is 0 Å². The van der Waals surface area contributed by atoms with Crippen molar-refractivity contribution in [3.05, 3.63) is 11.1 Å². The van der Waals surface area contributed by atoms with Crippen LogP contribution in [-0.2, 0) is 0 Å². The number of hydrogen-bond donors (Lipinski definition) is 2. The Bertz CT molecular complexity index is 555. The molecule has 1 aromatic heterocycles. The Morgan fingerprint density at radius 1 is 1.27 bits per heavy atom. The van der Waals surface area contributed by atoms with E-state index in [2.05, 4.69) is 11.9 Å². The van der Waals surface area contributed by atoms with Crippen molar-refractivity contribution >= 4 is 40.7 Å². The van der Waals surface area contributed by atoms with Crippen LogP contribution >= 0.6 is 34.7 Å². The number of rotatable bonds is 12. The topological polar surface area (TPSA) is 70.4 Å². The van der Waals surface area contributed by atoms with Gasteiger partial charge in [-0.3, -0.25) is 0 Å². The zero-order valence-corrected chi connectivity index (χ0v) is 17.8. The third kappa shape index (κ3) is 6.70. The van der Waals surface area contributed by atoms with Gasteiger partial charge in [0.1, 0.15) is 0 Å². The van der Waals surface area contributed by atoms with Crippen molar-refractivity contribution in [2.24, 2.45) is 11.8 Å². The molecule has 0 aliphatic heterocycles. The van der Waals surface area contributed by atoms with E-state index >= 15 is 0 Å². The largest absolute Gasteiger partial charge is 0.476 e. The number of thiazole rings is 1. The Morgan fingerprint density at radius 2 is 2.00 bits per heavy atom. The van der Waals surface area contributed by atoms with E-state index in [1.54, 1.807) is 17.1 Å². The molecule has 1 saturated carbocycles. The fourth-order valence-electron chi connectivity index (χ4n) is 3.80. The molecule has 26 heavy (non-hydrogen) atoms. The summed E-state index contributed by atoms with van der Waals surface area (Å²) < 4.78 is 0.791. The van der Waals surface area contributed by atoms with Gasteiger partial charge in [-0.2, -0.15) is 0 Å². The summed E-state index contributed by atoms with van der Waals surface area (Å²) in [5.74, 6) is 0.524. The summed E-state index contributed by atoms with van der Waals surface area (Å²) in [6, 6.07) is 0. The van der Waals surface area contributed by atoms with E-state index in [1.165, 1.54) is 49.9 Å². The molecule has 0 aromatic carbocycles. The zero-order chi connectivity index (χ0) is 18.9. The number of thioether (sulfide) groups is 1. The van der Waals surface area contributed by atoms with Crippen LogP contribution in [0.1, 0.15) is 75.2 Å². The van der Waals surface area contributed by atoms with Crippen LogP contribution in [-0.4, -0.2) is 38.4 Å². The number of halogens is 1. The molecule has 2 rings (SSSR count). The van der Waals surface area contributed by atoms with Crippen molar-refractivity contribution < 1.29 is 15.0 Å². The van der Waals surface area contributed by atoms with Gasteiger partial charge >= 0.3 is 5.97 Å². The molecule has 7 heteroatoms. The summed E-state index contributed by atoms with van der Waals surface area (Å²) in [5, 5.41) is 20.9. The summed E-state index contributed by atoms with van der Waals surface area (Å²) in [6.45, 7) is 2.23. The minimum Gasteiger partial charge on any atom is -0.476 e. The molecule has 1 heterocycles. The van der Waals surface area contributed by atoms with Crippen LogP contribution in [0, 0.1) is 11.8 Å². The number of aromatic nitrogens is 1. The Balaban J connectivity index is 1.74. The van der Waals surface area contributed by atoms with Gasteiger partial charge < -0.3 is 10.2 Å². The second kappa shape index (κ2) is 11.5. The molecule has 0 spiro atoms. The molecule has 4 atom stereocenters. The van der Waals surface area contributed by atoms with Gasteiger partial charge in [0.2, 0.25) is 0 Å². The van der Waals surface area contributed by atoms with Gasteiger partial charge in [0.15, 0.2) is 10.0 Å². The lowest BCUT2D eigenvalue weighted by molar-refractivity contribution is 0.0690. The first-order chi connectivity index (χ1) is 12.5. The van der Waals surface area contributed by atoms with Crippen molar-refractivity contribution in [3.8, 4) is 0 Å². The van der Waals surface area contributed by atoms with E-state index < -0.39 is 5.97 Å². The Kier molecular flexibility index (Phi) is 9.75. The van der Waals surface area contributed by atoms with Crippen molar-refractivity contribution in [2.75, 3.05) is 5.75 Å². The van der Waals surface area contributed by atoms with E-state index in [1.807, 2.05) is 0 Å². The SMILES string of the molecule is CCCCCCCCC1[C@@H](CCSc2nc(C(=O)O)cs2)C(Cl)C[C@H]1O. The minimum atomic E-state index is -0.980. The van der Waals surface area contributed by atoms with Gasteiger partial charge in [-0.1, -0.05) is 57.2 Å². The second-order valence-electron chi connectivity index (χ2n) is 7.14. The number of hydrogen-bond acceptors (Lipinski definition) is 5. The highest BCUT2D eigenvalue weighted by molar-refractivity contribution is 8.01. The summed E-state index contributed by atoms with van der Waals surface area (Å²) >= 11 is 9.48. The molecule has 0 saturated heterocycles. The van der Waals surface area contributed by atoms with E-state index in [-0.39, 0.29) is 17.2 Å². The number of aliphatic hydroxyl groups excluding tert-OH is 1. The fourth-order valence-corrected chi connectivity index (χ4v) is 6.21. The maximum Gasteiger partial charge on any atom is 0.355 e. The molecule has 1 aromatic rings. The molecule has 0 radical (unpaired) electrons. The van der Waals surface area contributed by atoms with Crippen LogP contribution in [0.3, 0.4) is 0 Å². The number of aromatic carboxylic acids is 1. The number of unbranched alkanes of at least 4 members (excludes halogenated alkanes) is 5.